The third kappa shape index (κ3) is 2.88. The molecule has 0 radical (unpaired) electrons. The van der Waals surface area contributed by atoms with Crippen LogP contribution in [0.15, 0.2) is 76.8 Å². The Bertz CT molecular complexity index is 1020. The minimum Gasteiger partial charge on any atom is -0.457 e. The first-order valence-electron chi connectivity index (χ1n) is 7.90. The van der Waals surface area contributed by atoms with Gasteiger partial charge in [0, 0.05) is 11.6 Å². The smallest absolute Gasteiger partial charge is 0.333 e. The van der Waals surface area contributed by atoms with Gasteiger partial charge in [0.25, 0.3) is 5.91 Å². The molecule has 0 unspecified atom stereocenters. The van der Waals surface area contributed by atoms with Crippen molar-refractivity contribution in [1.82, 2.24) is 5.32 Å². The van der Waals surface area contributed by atoms with Gasteiger partial charge in [-0.3, -0.25) is 4.79 Å². The number of carbonyl (C=O) groups is 2. The molecular formula is C20H13FN2O3. The minimum atomic E-state index is -0.524. The van der Waals surface area contributed by atoms with Crippen LogP contribution in [-0.2, 0) is 4.79 Å². The van der Waals surface area contributed by atoms with Crippen LogP contribution < -0.4 is 10.2 Å². The molecule has 1 aliphatic heterocycles. The van der Waals surface area contributed by atoms with Gasteiger partial charge in [0.05, 0.1) is 5.69 Å². The lowest BCUT2D eigenvalue weighted by Gasteiger charge is -2.10. The predicted octanol–water partition coefficient (Wildman–Crippen LogP) is 4.18. The number of carbonyl (C=O) groups excluding carboxylic acids is 2. The Hall–Kier alpha value is -3.67. The maximum atomic E-state index is 13.3. The van der Waals surface area contributed by atoms with E-state index in [2.05, 4.69) is 5.32 Å². The maximum absolute atomic E-state index is 13.3. The SMILES string of the molecule is O=C1NC(=Cc2ccc(-c3cccc(F)c3)o2)C(=O)N1c1ccccc1. The Morgan fingerprint density at radius 1 is 0.962 bits per heavy atom. The van der Waals surface area contributed by atoms with Crippen molar-refractivity contribution in [2.75, 3.05) is 4.90 Å². The molecule has 1 saturated heterocycles. The van der Waals surface area contributed by atoms with Crippen molar-refractivity contribution < 1.29 is 18.4 Å². The molecule has 0 atom stereocenters. The highest BCUT2D eigenvalue weighted by molar-refractivity contribution is 6.28. The third-order valence-corrected chi connectivity index (χ3v) is 3.92. The van der Waals surface area contributed by atoms with Gasteiger partial charge < -0.3 is 9.73 Å². The van der Waals surface area contributed by atoms with Gasteiger partial charge in [-0.15, -0.1) is 0 Å². The maximum Gasteiger partial charge on any atom is 0.333 e. The number of para-hydroxylation sites is 1. The van der Waals surface area contributed by atoms with Gasteiger partial charge in [-0.2, -0.15) is 0 Å². The molecule has 0 aliphatic carbocycles. The Kier molecular flexibility index (Phi) is 3.85. The molecule has 2 heterocycles. The first-order chi connectivity index (χ1) is 12.6. The summed E-state index contributed by atoms with van der Waals surface area (Å²) >= 11 is 0. The number of halogens is 1. The standard InChI is InChI=1S/C20H13FN2O3/c21-14-6-4-5-13(11-14)18-10-9-16(26-18)12-17-19(24)23(20(25)22-17)15-7-2-1-3-8-15/h1-12H,(H,22,25). The Morgan fingerprint density at radius 2 is 1.77 bits per heavy atom. The molecule has 1 aromatic heterocycles. The van der Waals surface area contributed by atoms with Gasteiger partial charge in [-0.1, -0.05) is 30.3 Å². The molecule has 0 saturated carbocycles. The van der Waals surface area contributed by atoms with Gasteiger partial charge in [0.2, 0.25) is 0 Å². The third-order valence-electron chi connectivity index (χ3n) is 3.92. The van der Waals surface area contributed by atoms with E-state index in [1.807, 2.05) is 0 Å². The van der Waals surface area contributed by atoms with Crippen LogP contribution in [0.3, 0.4) is 0 Å². The molecular weight excluding hydrogens is 335 g/mol. The average molecular weight is 348 g/mol. The monoisotopic (exact) mass is 348 g/mol. The van der Waals surface area contributed by atoms with Crippen molar-refractivity contribution in [2.45, 2.75) is 0 Å². The van der Waals surface area contributed by atoms with E-state index >= 15 is 0 Å². The molecule has 1 fully saturated rings. The normalized spacial score (nSPS) is 15.6. The van der Waals surface area contributed by atoms with Crippen molar-refractivity contribution in [1.29, 1.82) is 0 Å². The zero-order chi connectivity index (χ0) is 18.1. The van der Waals surface area contributed by atoms with Crippen molar-refractivity contribution in [3.63, 3.8) is 0 Å². The number of urea groups is 1. The Balaban J connectivity index is 1.62. The lowest BCUT2D eigenvalue weighted by atomic mass is 10.2. The summed E-state index contributed by atoms with van der Waals surface area (Å²) in [6.45, 7) is 0. The molecule has 2 aromatic carbocycles. The number of nitrogens with zero attached hydrogens (tertiary/aromatic N) is 1. The summed E-state index contributed by atoms with van der Waals surface area (Å²) in [4.78, 5) is 25.7. The van der Waals surface area contributed by atoms with Gasteiger partial charge in [0.1, 0.15) is 23.0 Å². The molecule has 4 rings (SSSR count). The molecule has 1 N–H and O–H groups in total. The van der Waals surface area contributed by atoms with Crippen molar-refractivity contribution in [2.24, 2.45) is 0 Å². The van der Waals surface area contributed by atoms with Crippen LogP contribution in [0.25, 0.3) is 17.4 Å². The van der Waals surface area contributed by atoms with E-state index in [1.54, 1.807) is 54.6 Å². The van der Waals surface area contributed by atoms with Gasteiger partial charge in [-0.05, 0) is 36.4 Å². The topological polar surface area (TPSA) is 62.6 Å². The first-order valence-corrected chi connectivity index (χ1v) is 7.90. The molecule has 5 nitrogen and oxygen atoms in total. The summed E-state index contributed by atoms with van der Waals surface area (Å²) in [7, 11) is 0. The molecule has 0 spiro atoms. The van der Waals surface area contributed by atoms with E-state index in [0.29, 0.717) is 22.8 Å². The summed E-state index contributed by atoms with van der Waals surface area (Å²) in [5, 5.41) is 2.54. The number of amides is 3. The molecule has 26 heavy (non-hydrogen) atoms. The van der Waals surface area contributed by atoms with Crippen LogP contribution in [0.2, 0.25) is 0 Å². The fourth-order valence-electron chi connectivity index (χ4n) is 2.72. The van der Waals surface area contributed by atoms with Crippen LogP contribution in [0.4, 0.5) is 14.9 Å². The largest absolute Gasteiger partial charge is 0.457 e. The van der Waals surface area contributed by atoms with Crippen LogP contribution in [-0.4, -0.2) is 11.9 Å². The summed E-state index contributed by atoms with van der Waals surface area (Å²) in [6, 6.07) is 17.5. The first kappa shape index (κ1) is 15.8. The van der Waals surface area contributed by atoms with Crippen LogP contribution in [0.1, 0.15) is 5.76 Å². The van der Waals surface area contributed by atoms with E-state index in [9.17, 15) is 14.0 Å². The zero-order valence-corrected chi connectivity index (χ0v) is 13.5. The highest BCUT2D eigenvalue weighted by Gasteiger charge is 2.34. The van der Waals surface area contributed by atoms with Crippen molar-refractivity contribution in [3.8, 4) is 11.3 Å². The van der Waals surface area contributed by atoms with Gasteiger partial charge in [0.15, 0.2) is 0 Å². The van der Waals surface area contributed by atoms with Gasteiger partial charge in [-0.25, -0.2) is 14.1 Å². The van der Waals surface area contributed by atoms with Crippen molar-refractivity contribution >= 4 is 23.7 Å². The van der Waals surface area contributed by atoms with E-state index in [-0.39, 0.29) is 11.5 Å². The van der Waals surface area contributed by atoms with Crippen LogP contribution in [0, 0.1) is 5.82 Å². The van der Waals surface area contributed by atoms with Crippen molar-refractivity contribution in [3.05, 3.63) is 84.0 Å². The number of rotatable bonds is 3. The Morgan fingerprint density at radius 3 is 2.54 bits per heavy atom. The lowest BCUT2D eigenvalue weighted by Crippen LogP contribution is -2.30. The van der Waals surface area contributed by atoms with E-state index in [0.717, 1.165) is 4.90 Å². The average Bonchev–Trinajstić information content (AvgIpc) is 3.21. The fraction of sp³-hybridized carbons (Fsp3) is 0. The highest BCUT2D eigenvalue weighted by Crippen LogP contribution is 2.26. The predicted molar refractivity (Wildman–Crippen MR) is 94.5 cm³/mol. The summed E-state index contributed by atoms with van der Waals surface area (Å²) in [5.74, 6) is 0.0105. The second-order valence-electron chi connectivity index (χ2n) is 5.68. The molecule has 3 aromatic rings. The van der Waals surface area contributed by atoms with E-state index in [4.69, 9.17) is 4.42 Å². The second kappa shape index (κ2) is 6.33. The molecule has 0 bridgehead atoms. The molecule has 3 amide bonds. The quantitative estimate of drug-likeness (QED) is 0.570. The highest BCUT2D eigenvalue weighted by atomic mass is 19.1. The Labute approximate surface area is 148 Å². The molecule has 6 heteroatoms. The number of hydrogen-bond donors (Lipinski definition) is 1. The summed E-state index contributed by atoms with van der Waals surface area (Å²) in [5.41, 5.74) is 1.18. The lowest BCUT2D eigenvalue weighted by molar-refractivity contribution is -0.113. The van der Waals surface area contributed by atoms with E-state index < -0.39 is 11.9 Å². The fourth-order valence-corrected chi connectivity index (χ4v) is 2.72. The second-order valence-corrected chi connectivity index (χ2v) is 5.68. The zero-order valence-electron chi connectivity index (χ0n) is 13.5. The van der Waals surface area contributed by atoms with Crippen LogP contribution >= 0.6 is 0 Å². The minimum absolute atomic E-state index is 0.110. The summed E-state index contributed by atoms with van der Waals surface area (Å²) < 4.78 is 19.0. The number of imide groups is 1. The molecule has 1 aliphatic rings. The number of anilines is 1. The number of benzene rings is 2. The number of furan rings is 1. The summed E-state index contributed by atoms with van der Waals surface area (Å²) in [6.07, 6.45) is 1.45. The number of hydrogen-bond acceptors (Lipinski definition) is 3. The van der Waals surface area contributed by atoms with Gasteiger partial charge >= 0.3 is 6.03 Å². The molecule has 128 valence electrons. The number of nitrogens with one attached hydrogen (secondary N) is 1. The van der Waals surface area contributed by atoms with Crippen LogP contribution in [0.5, 0.6) is 0 Å². The van der Waals surface area contributed by atoms with E-state index in [1.165, 1.54) is 18.2 Å².